The van der Waals surface area contributed by atoms with Crippen LogP contribution in [0.5, 0.6) is 0 Å². The predicted octanol–water partition coefficient (Wildman–Crippen LogP) is 5.38. The van der Waals surface area contributed by atoms with Crippen LogP contribution >= 0.6 is 35.0 Å². The Balaban J connectivity index is 1.81. The van der Waals surface area contributed by atoms with Gasteiger partial charge in [0.1, 0.15) is 0 Å². The van der Waals surface area contributed by atoms with E-state index in [1.165, 1.54) is 17.3 Å². The first-order valence-electron chi connectivity index (χ1n) is 6.77. The molecule has 116 valence electrons. The molecule has 0 atom stereocenters. The van der Waals surface area contributed by atoms with Gasteiger partial charge in [-0.3, -0.25) is 0 Å². The molecule has 0 amide bonds. The van der Waals surface area contributed by atoms with E-state index in [1.807, 2.05) is 43.3 Å². The number of aryl methyl sites for hydroxylation is 1. The lowest BCUT2D eigenvalue weighted by molar-refractivity contribution is 0.912. The zero-order valence-electron chi connectivity index (χ0n) is 12.1. The molecule has 3 aromatic rings. The largest absolute Gasteiger partial charge is 0.324 e. The number of nitrogens with zero attached hydrogens (tertiary/aromatic N) is 3. The molecule has 0 radical (unpaired) electrons. The van der Waals surface area contributed by atoms with Crippen LogP contribution in [0, 0.1) is 6.92 Å². The van der Waals surface area contributed by atoms with Crippen molar-refractivity contribution in [1.29, 1.82) is 0 Å². The maximum Gasteiger partial charge on any atom is 0.232 e. The second kappa shape index (κ2) is 7.17. The minimum atomic E-state index is 0.145. The molecule has 23 heavy (non-hydrogen) atoms. The van der Waals surface area contributed by atoms with Crippen molar-refractivity contribution >= 4 is 46.6 Å². The van der Waals surface area contributed by atoms with Crippen LogP contribution in [0.3, 0.4) is 0 Å². The van der Waals surface area contributed by atoms with Gasteiger partial charge in [-0.1, -0.05) is 29.3 Å². The Morgan fingerprint density at radius 3 is 2.26 bits per heavy atom. The fraction of sp³-hybridized carbons (Fsp3) is 0.0625. The fourth-order valence-corrected chi connectivity index (χ4v) is 2.89. The number of anilines is 2. The Hall–Kier alpha value is -1.82. The fourth-order valence-electron chi connectivity index (χ4n) is 1.81. The summed E-state index contributed by atoms with van der Waals surface area (Å²) in [6.45, 7) is 2.04. The second-order valence-corrected chi connectivity index (χ2v) is 6.57. The van der Waals surface area contributed by atoms with Gasteiger partial charge in [0.15, 0.2) is 5.16 Å². The van der Waals surface area contributed by atoms with Crippen molar-refractivity contribution in [2.45, 2.75) is 17.0 Å². The standard InChI is InChI=1S/C16H12Cl2N4S/c1-10-2-8-13(9-3-10)23-16-21-14(18)20-15(22-16)19-12-6-4-11(17)5-7-12/h2-9H,1H3,(H,19,20,21,22). The minimum absolute atomic E-state index is 0.145. The monoisotopic (exact) mass is 362 g/mol. The van der Waals surface area contributed by atoms with Crippen molar-refractivity contribution < 1.29 is 0 Å². The van der Waals surface area contributed by atoms with Crippen molar-refractivity contribution in [3.8, 4) is 0 Å². The molecule has 4 nitrogen and oxygen atoms in total. The lowest BCUT2D eigenvalue weighted by Crippen LogP contribution is -2.00. The average molecular weight is 363 g/mol. The third kappa shape index (κ3) is 4.58. The van der Waals surface area contributed by atoms with E-state index in [0.717, 1.165) is 10.6 Å². The number of hydrogen-bond donors (Lipinski definition) is 1. The van der Waals surface area contributed by atoms with Crippen molar-refractivity contribution in [3.05, 3.63) is 64.4 Å². The van der Waals surface area contributed by atoms with E-state index >= 15 is 0 Å². The SMILES string of the molecule is Cc1ccc(Sc2nc(Cl)nc(Nc3ccc(Cl)cc3)n2)cc1. The first-order valence-corrected chi connectivity index (χ1v) is 8.34. The Bertz CT molecular complexity index is 742. The summed E-state index contributed by atoms with van der Waals surface area (Å²) in [6, 6.07) is 15.4. The van der Waals surface area contributed by atoms with Crippen LogP contribution in [-0.4, -0.2) is 15.0 Å². The zero-order valence-corrected chi connectivity index (χ0v) is 14.5. The van der Waals surface area contributed by atoms with Crippen LogP contribution in [-0.2, 0) is 0 Å². The Morgan fingerprint density at radius 1 is 0.870 bits per heavy atom. The molecule has 7 heteroatoms. The highest BCUT2D eigenvalue weighted by Gasteiger charge is 2.07. The number of benzene rings is 2. The lowest BCUT2D eigenvalue weighted by atomic mass is 10.2. The first kappa shape index (κ1) is 16.1. The van der Waals surface area contributed by atoms with E-state index < -0.39 is 0 Å². The number of halogens is 2. The van der Waals surface area contributed by atoms with Crippen molar-refractivity contribution in [1.82, 2.24) is 15.0 Å². The summed E-state index contributed by atoms with van der Waals surface area (Å²) in [4.78, 5) is 13.7. The van der Waals surface area contributed by atoms with Crippen LogP contribution in [0.2, 0.25) is 10.3 Å². The van der Waals surface area contributed by atoms with Gasteiger partial charge in [0.05, 0.1) is 0 Å². The molecule has 0 spiro atoms. The predicted molar refractivity (Wildman–Crippen MR) is 94.9 cm³/mol. The maximum absolute atomic E-state index is 6.00. The molecule has 0 fully saturated rings. The highest BCUT2D eigenvalue weighted by Crippen LogP contribution is 2.27. The van der Waals surface area contributed by atoms with Gasteiger partial charge in [-0.25, -0.2) is 0 Å². The van der Waals surface area contributed by atoms with Gasteiger partial charge in [0.25, 0.3) is 0 Å². The van der Waals surface area contributed by atoms with Crippen molar-refractivity contribution in [2.75, 3.05) is 5.32 Å². The molecule has 0 aliphatic heterocycles. The van der Waals surface area contributed by atoms with Gasteiger partial charge in [-0.2, -0.15) is 15.0 Å². The van der Waals surface area contributed by atoms with Crippen LogP contribution in [0.4, 0.5) is 11.6 Å². The molecule has 0 unspecified atom stereocenters. The van der Waals surface area contributed by atoms with Gasteiger partial charge in [0, 0.05) is 15.6 Å². The van der Waals surface area contributed by atoms with E-state index in [4.69, 9.17) is 23.2 Å². The molecule has 0 aliphatic carbocycles. The van der Waals surface area contributed by atoms with E-state index in [2.05, 4.69) is 20.3 Å². The van der Waals surface area contributed by atoms with Gasteiger partial charge in [-0.15, -0.1) is 0 Å². The van der Waals surface area contributed by atoms with E-state index in [0.29, 0.717) is 16.1 Å². The topological polar surface area (TPSA) is 50.7 Å². The third-order valence-electron chi connectivity index (χ3n) is 2.92. The molecule has 0 saturated heterocycles. The lowest BCUT2D eigenvalue weighted by Gasteiger charge is -2.07. The number of rotatable bonds is 4. The highest BCUT2D eigenvalue weighted by molar-refractivity contribution is 7.99. The van der Waals surface area contributed by atoms with Crippen molar-refractivity contribution in [3.63, 3.8) is 0 Å². The van der Waals surface area contributed by atoms with Crippen molar-refractivity contribution in [2.24, 2.45) is 0 Å². The van der Waals surface area contributed by atoms with E-state index in [1.54, 1.807) is 12.1 Å². The Kier molecular flexibility index (Phi) is 5.00. The quantitative estimate of drug-likeness (QED) is 0.674. The second-order valence-electron chi connectivity index (χ2n) is 4.76. The molecule has 3 rings (SSSR count). The molecule has 0 saturated carbocycles. The summed E-state index contributed by atoms with van der Waals surface area (Å²) in [6.07, 6.45) is 0. The van der Waals surface area contributed by atoms with Gasteiger partial charge >= 0.3 is 0 Å². The van der Waals surface area contributed by atoms with Gasteiger partial charge < -0.3 is 5.32 Å². The van der Waals surface area contributed by atoms with Crippen LogP contribution in [0.15, 0.2) is 58.6 Å². The Morgan fingerprint density at radius 2 is 1.57 bits per heavy atom. The third-order valence-corrected chi connectivity index (χ3v) is 4.21. The molecule has 1 aromatic heterocycles. The summed E-state index contributed by atoms with van der Waals surface area (Å²) < 4.78 is 0. The molecular formula is C16H12Cl2N4S. The number of nitrogens with one attached hydrogen (secondary N) is 1. The normalized spacial score (nSPS) is 10.6. The maximum atomic E-state index is 6.00. The van der Waals surface area contributed by atoms with Crippen LogP contribution in [0.1, 0.15) is 5.56 Å². The summed E-state index contributed by atoms with van der Waals surface area (Å²) in [5, 5.41) is 4.43. The Labute approximate surface area is 148 Å². The number of aromatic nitrogens is 3. The summed E-state index contributed by atoms with van der Waals surface area (Å²) >= 11 is 13.3. The van der Waals surface area contributed by atoms with Crippen LogP contribution < -0.4 is 5.32 Å². The summed E-state index contributed by atoms with van der Waals surface area (Å²) in [7, 11) is 0. The first-order chi connectivity index (χ1) is 11.1. The van der Waals surface area contributed by atoms with E-state index in [-0.39, 0.29) is 5.28 Å². The van der Waals surface area contributed by atoms with Crippen LogP contribution in [0.25, 0.3) is 0 Å². The van der Waals surface area contributed by atoms with E-state index in [9.17, 15) is 0 Å². The minimum Gasteiger partial charge on any atom is -0.324 e. The molecule has 1 heterocycles. The summed E-state index contributed by atoms with van der Waals surface area (Å²) in [5.74, 6) is 0.391. The molecule has 2 aromatic carbocycles. The smallest absolute Gasteiger partial charge is 0.232 e. The molecule has 0 aliphatic rings. The molecule has 1 N–H and O–H groups in total. The average Bonchev–Trinajstić information content (AvgIpc) is 2.51. The molecule has 0 bridgehead atoms. The van der Waals surface area contributed by atoms with Gasteiger partial charge in [0.2, 0.25) is 11.2 Å². The summed E-state index contributed by atoms with van der Waals surface area (Å²) in [5.41, 5.74) is 2.02. The zero-order chi connectivity index (χ0) is 16.2. The highest BCUT2D eigenvalue weighted by atomic mass is 35.5. The molecular weight excluding hydrogens is 351 g/mol. The number of hydrogen-bond acceptors (Lipinski definition) is 5. The van der Waals surface area contributed by atoms with Gasteiger partial charge in [-0.05, 0) is 66.7 Å².